The molecule has 1 heterocycles. The molecule has 0 saturated carbocycles. The van der Waals surface area contributed by atoms with Crippen molar-refractivity contribution in [2.45, 2.75) is 51.7 Å². The van der Waals surface area contributed by atoms with Gasteiger partial charge in [0.2, 0.25) is 5.91 Å². The number of hydrogen-bond acceptors (Lipinski definition) is 3. The predicted octanol–water partition coefficient (Wildman–Crippen LogP) is 2.82. The van der Waals surface area contributed by atoms with E-state index in [2.05, 4.69) is 38.3 Å². The molecule has 1 aliphatic rings. The number of rotatable bonds is 7. The lowest BCUT2D eigenvalue weighted by atomic mass is 9.84. The molecule has 1 aliphatic heterocycles. The molecule has 0 radical (unpaired) electrons. The number of alkyl halides is 1. The third-order valence-electron chi connectivity index (χ3n) is 4.32. The number of ether oxygens (including phenoxy) is 1. The van der Waals surface area contributed by atoms with Crippen molar-refractivity contribution in [3.05, 3.63) is 29.8 Å². The van der Waals surface area contributed by atoms with Gasteiger partial charge >= 0.3 is 0 Å². The zero-order chi connectivity index (χ0) is 17.7. The minimum Gasteiger partial charge on any atom is -0.493 e. The van der Waals surface area contributed by atoms with Gasteiger partial charge in [0.15, 0.2) is 0 Å². The number of carbonyl (C=O) groups excluding carboxylic acids is 1. The highest BCUT2D eigenvalue weighted by atomic mass is 19.1. The van der Waals surface area contributed by atoms with E-state index in [9.17, 15) is 9.18 Å². The van der Waals surface area contributed by atoms with Gasteiger partial charge in [0.1, 0.15) is 11.9 Å². The number of benzene rings is 1. The monoisotopic (exact) mass is 336 g/mol. The van der Waals surface area contributed by atoms with Crippen LogP contribution in [-0.2, 0) is 10.2 Å². The zero-order valence-corrected chi connectivity index (χ0v) is 15.1. The number of hydrogen-bond donors (Lipinski definition) is 2. The molecule has 134 valence electrons. The maximum Gasteiger partial charge on any atom is 0.237 e. The molecule has 1 saturated heterocycles. The first-order valence-electron chi connectivity index (χ1n) is 8.66. The van der Waals surface area contributed by atoms with Crippen molar-refractivity contribution in [2.24, 2.45) is 5.92 Å². The van der Waals surface area contributed by atoms with Gasteiger partial charge in [0, 0.05) is 24.9 Å². The summed E-state index contributed by atoms with van der Waals surface area (Å²) >= 11 is 0. The molecule has 2 rings (SSSR count). The Kier molecular flexibility index (Phi) is 6.21. The highest BCUT2D eigenvalue weighted by molar-refractivity contribution is 5.82. The first-order valence-corrected chi connectivity index (χ1v) is 8.66. The summed E-state index contributed by atoms with van der Waals surface area (Å²) in [5.74, 6) is 1.22. The summed E-state index contributed by atoms with van der Waals surface area (Å²) in [6, 6.07) is 7.59. The molecule has 0 spiro atoms. The fourth-order valence-corrected chi connectivity index (χ4v) is 2.69. The van der Waals surface area contributed by atoms with Gasteiger partial charge in [-0.1, -0.05) is 39.8 Å². The Morgan fingerprint density at radius 1 is 1.38 bits per heavy atom. The maximum atomic E-state index is 13.2. The minimum absolute atomic E-state index is 0.125. The quantitative estimate of drug-likeness (QED) is 0.805. The Labute approximate surface area is 144 Å². The van der Waals surface area contributed by atoms with E-state index in [4.69, 9.17) is 4.74 Å². The zero-order valence-electron chi connectivity index (χ0n) is 15.1. The molecule has 5 heteroatoms. The first-order chi connectivity index (χ1) is 11.3. The van der Waals surface area contributed by atoms with Gasteiger partial charge in [-0.05, 0) is 23.6 Å². The summed E-state index contributed by atoms with van der Waals surface area (Å²) in [7, 11) is 0. The van der Waals surface area contributed by atoms with E-state index in [1.54, 1.807) is 0 Å². The third-order valence-corrected chi connectivity index (χ3v) is 4.32. The Bertz CT molecular complexity index is 543. The van der Waals surface area contributed by atoms with Crippen molar-refractivity contribution in [1.82, 2.24) is 10.6 Å². The molecule has 0 bridgehead atoms. The molecule has 2 N–H and O–H groups in total. The van der Waals surface area contributed by atoms with E-state index in [0.717, 1.165) is 11.3 Å². The second kappa shape index (κ2) is 7.97. The largest absolute Gasteiger partial charge is 0.493 e. The molecule has 0 aliphatic carbocycles. The normalized spacial score (nSPS) is 21.1. The smallest absolute Gasteiger partial charge is 0.237 e. The number of amides is 1. The predicted molar refractivity (Wildman–Crippen MR) is 94.1 cm³/mol. The summed E-state index contributed by atoms with van der Waals surface area (Å²) in [4.78, 5) is 12.1. The lowest BCUT2D eigenvalue weighted by molar-refractivity contribution is -0.123. The summed E-state index contributed by atoms with van der Waals surface area (Å²) in [6.45, 7) is 9.86. The van der Waals surface area contributed by atoms with Gasteiger partial charge in [-0.2, -0.15) is 0 Å². The second-order valence-corrected chi connectivity index (χ2v) is 7.62. The molecule has 1 fully saturated rings. The molecule has 4 nitrogen and oxygen atoms in total. The number of nitrogens with one attached hydrogen (secondary N) is 2. The van der Waals surface area contributed by atoms with Crippen LogP contribution in [0, 0.1) is 5.92 Å². The molecule has 24 heavy (non-hydrogen) atoms. The van der Waals surface area contributed by atoms with E-state index >= 15 is 0 Å². The Hall–Kier alpha value is -1.62. The van der Waals surface area contributed by atoms with Gasteiger partial charge in [0.25, 0.3) is 0 Å². The lowest BCUT2D eigenvalue weighted by Crippen LogP contribution is -2.45. The minimum atomic E-state index is -0.924. The fourth-order valence-electron chi connectivity index (χ4n) is 2.69. The van der Waals surface area contributed by atoms with Crippen molar-refractivity contribution in [3.63, 3.8) is 0 Å². The van der Waals surface area contributed by atoms with Crippen molar-refractivity contribution in [3.8, 4) is 5.75 Å². The summed E-state index contributed by atoms with van der Waals surface area (Å²) in [6.07, 6.45) is -0.666. The number of carbonyl (C=O) groups is 1. The van der Waals surface area contributed by atoms with Crippen LogP contribution in [0.1, 0.15) is 39.7 Å². The summed E-state index contributed by atoms with van der Waals surface area (Å²) in [5, 5.41) is 5.85. The molecular weight excluding hydrogens is 307 g/mol. The standard InChI is InChI=1S/C19H29FN2O2/c1-13(2)11-24-16-7-5-14(6-8-16)19(3,4)12-22-18(23)17-9-15(20)10-21-17/h5-8,13,15,17,21H,9-12H2,1-4H3,(H,22,23)/t15-,17+/m0/s1. The van der Waals surface area contributed by atoms with Gasteiger partial charge in [0.05, 0.1) is 12.6 Å². The van der Waals surface area contributed by atoms with Crippen LogP contribution in [0.15, 0.2) is 24.3 Å². The van der Waals surface area contributed by atoms with Crippen LogP contribution in [0.2, 0.25) is 0 Å². The van der Waals surface area contributed by atoms with Gasteiger partial charge < -0.3 is 15.4 Å². The van der Waals surface area contributed by atoms with Gasteiger partial charge in [-0.3, -0.25) is 4.79 Å². The lowest BCUT2D eigenvalue weighted by Gasteiger charge is -2.26. The second-order valence-electron chi connectivity index (χ2n) is 7.62. The first kappa shape index (κ1) is 18.7. The topological polar surface area (TPSA) is 50.4 Å². The SMILES string of the molecule is CC(C)COc1ccc(C(C)(C)CNC(=O)[C@H]2C[C@H](F)CN2)cc1. The third kappa shape index (κ3) is 5.20. The molecule has 1 aromatic carbocycles. The molecule has 1 amide bonds. The van der Waals surface area contributed by atoms with Crippen molar-refractivity contribution in [1.29, 1.82) is 0 Å². The molecular formula is C19H29FN2O2. The maximum absolute atomic E-state index is 13.2. The van der Waals surface area contributed by atoms with Crippen LogP contribution in [-0.4, -0.2) is 37.8 Å². The molecule has 0 aromatic heterocycles. The van der Waals surface area contributed by atoms with Crippen LogP contribution in [0.25, 0.3) is 0 Å². The summed E-state index contributed by atoms with van der Waals surface area (Å²) in [5.41, 5.74) is 0.919. The summed E-state index contributed by atoms with van der Waals surface area (Å²) < 4.78 is 18.9. The van der Waals surface area contributed by atoms with E-state index < -0.39 is 12.2 Å². The van der Waals surface area contributed by atoms with Gasteiger partial charge in [-0.25, -0.2) is 4.39 Å². The fraction of sp³-hybridized carbons (Fsp3) is 0.632. The molecule has 0 unspecified atom stereocenters. The Morgan fingerprint density at radius 2 is 2.04 bits per heavy atom. The van der Waals surface area contributed by atoms with Crippen molar-refractivity contribution < 1.29 is 13.9 Å². The highest BCUT2D eigenvalue weighted by Crippen LogP contribution is 2.25. The van der Waals surface area contributed by atoms with E-state index in [1.165, 1.54) is 0 Å². The van der Waals surface area contributed by atoms with E-state index in [-0.39, 0.29) is 24.3 Å². The number of halogens is 1. The Balaban J connectivity index is 1.88. The highest BCUT2D eigenvalue weighted by Gasteiger charge is 2.30. The van der Waals surface area contributed by atoms with Crippen molar-refractivity contribution >= 4 is 5.91 Å². The van der Waals surface area contributed by atoms with Gasteiger partial charge in [-0.15, -0.1) is 0 Å². The average molecular weight is 336 g/mol. The van der Waals surface area contributed by atoms with E-state index in [0.29, 0.717) is 19.1 Å². The van der Waals surface area contributed by atoms with Crippen LogP contribution >= 0.6 is 0 Å². The van der Waals surface area contributed by atoms with E-state index in [1.807, 2.05) is 24.3 Å². The Morgan fingerprint density at radius 3 is 2.58 bits per heavy atom. The van der Waals surface area contributed by atoms with Crippen LogP contribution in [0.4, 0.5) is 4.39 Å². The van der Waals surface area contributed by atoms with Crippen LogP contribution in [0.3, 0.4) is 0 Å². The molecule has 2 atom stereocenters. The molecule has 1 aromatic rings. The average Bonchev–Trinajstić information content (AvgIpc) is 2.97. The van der Waals surface area contributed by atoms with Crippen LogP contribution < -0.4 is 15.4 Å². The van der Waals surface area contributed by atoms with Crippen LogP contribution in [0.5, 0.6) is 5.75 Å². The van der Waals surface area contributed by atoms with Crippen molar-refractivity contribution in [2.75, 3.05) is 19.7 Å².